The summed E-state index contributed by atoms with van der Waals surface area (Å²) in [6, 6.07) is 0. The molecule has 0 atom stereocenters. The minimum absolute atomic E-state index is 0. The van der Waals surface area contributed by atoms with E-state index >= 15 is 0 Å². The summed E-state index contributed by atoms with van der Waals surface area (Å²) < 4.78 is 0. The summed E-state index contributed by atoms with van der Waals surface area (Å²) in [5.41, 5.74) is -2.04. The first-order valence-electron chi connectivity index (χ1n) is 7.49. The number of Topliss-reactive ketones (excluding diaryl/α,β-unsaturated/α-hetero) is 4. The Morgan fingerprint density at radius 2 is 1.04 bits per heavy atom. The molecule has 26 heavy (non-hydrogen) atoms. The smallest absolute Gasteiger partial charge is 0.137 e. The first-order valence-corrected chi connectivity index (χ1v) is 7.49. The van der Waals surface area contributed by atoms with Crippen LogP contribution in [0, 0.1) is 10.8 Å². The van der Waals surface area contributed by atoms with Crippen molar-refractivity contribution in [3.05, 3.63) is 0 Å². The molecule has 0 aliphatic heterocycles. The normalized spacial score (nSPS) is 9.38. The molecule has 144 valence electrons. The van der Waals surface area contributed by atoms with Crippen molar-refractivity contribution >= 4 is 35.7 Å². The van der Waals surface area contributed by atoms with Gasteiger partial charge < -0.3 is 24.0 Å². The second-order valence-electron chi connectivity index (χ2n) is 6.37. The van der Waals surface area contributed by atoms with E-state index in [1.807, 2.05) is 6.92 Å². The summed E-state index contributed by atoms with van der Waals surface area (Å²) in [6.07, 6.45) is 3.72. The van der Waals surface area contributed by atoms with Crippen LogP contribution >= 0.6 is 0 Å². The molecule has 0 heterocycles. The van der Waals surface area contributed by atoms with Gasteiger partial charge in [-0.3, -0.25) is 17.4 Å². The zero-order valence-corrected chi connectivity index (χ0v) is 22.7. The predicted octanol–water partition coefficient (Wildman–Crippen LogP) is 2.36. The quantitative estimate of drug-likeness (QED) is 0.379. The molecule has 0 saturated heterocycles. The van der Waals surface area contributed by atoms with Gasteiger partial charge in [-0.15, -0.1) is 0 Å². The number of rotatable bonds is 7. The van der Waals surface area contributed by atoms with Crippen molar-refractivity contribution in [2.75, 3.05) is 0 Å². The van der Waals surface area contributed by atoms with Crippen molar-refractivity contribution in [1.82, 2.24) is 0 Å². The molecule has 0 N–H and O–H groups in total. The van der Waals surface area contributed by atoms with E-state index in [1.165, 1.54) is 27.7 Å². The topological polar surface area (TPSA) is 102 Å². The molecule has 0 aliphatic rings. The average molecular weight is 518 g/mol. The Labute approximate surface area is 207 Å². The molecule has 0 unspecified atom stereocenters. The maximum Gasteiger partial charge on any atom is 0.137 e. The molecule has 0 rings (SSSR count). The van der Waals surface area contributed by atoms with Crippen LogP contribution in [0.25, 0.3) is 0 Å². The van der Waals surface area contributed by atoms with Gasteiger partial charge >= 0.3 is 0 Å². The molecule has 0 saturated carbocycles. The third kappa shape index (κ3) is 22.3. The van der Waals surface area contributed by atoms with E-state index < -0.39 is 10.8 Å². The van der Waals surface area contributed by atoms with Crippen LogP contribution in [-0.2, 0) is 94.2 Å². The largest absolute Gasteiger partial charge is 0.541 e. The van der Waals surface area contributed by atoms with Gasteiger partial charge in [0.25, 0.3) is 0 Å². The summed E-state index contributed by atoms with van der Waals surface area (Å²) in [5.74, 6) is -0.490. The van der Waals surface area contributed by atoms with Gasteiger partial charge in [-0.1, -0.05) is 45.4 Å². The molecule has 0 fully saturated rings. The zero-order chi connectivity index (χ0) is 20.1. The summed E-state index contributed by atoms with van der Waals surface area (Å²) in [5, 5.41) is 0. The van der Waals surface area contributed by atoms with Gasteiger partial charge in [-0.05, 0) is 20.8 Å². The van der Waals surface area contributed by atoms with E-state index in [-0.39, 0.29) is 95.0 Å². The summed E-state index contributed by atoms with van der Waals surface area (Å²) in [4.78, 5) is 61.9. The Bertz CT molecular complexity index is 482. The first kappa shape index (κ1) is 37.0. The molecule has 0 aromatic carbocycles. The van der Waals surface area contributed by atoms with E-state index in [4.69, 9.17) is 0 Å². The van der Waals surface area contributed by atoms with Crippen molar-refractivity contribution < 1.29 is 94.2 Å². The minimum Gasteiger partial charge on any atom is -0.541 e. The number of carbonyl (C=O) groups is 4. The van der Waals surface area contributed by atoms with Crippen LogP contribution in [0.3, 0.4) is 0 Å². The standard InChI is InChI=1S/C8H11O3.C6H9O2.C4H8O.2Y/c1-6(10)4-7(11)8(2,3)5-9;1-5(8)6(2,3)4-7;1-3-4(2)5;;/h4H2,1-3H3;1-3H3;3H2,1-2H3;;/q2*-1;;;. The Hall–Kier alpha value is 0.228. The fourth-order valence-electron chi connectivity index (χ4n) is 0.576. The number of ketones is 4. The van der Waals surface area contributed by atoms with Crippen molar-refractivity contribution in [3.63, 3.8) is 0 Å². The number of hydrogen-bond acceptors (Lipinski definition) is 6. The molecule has 0 aromatic heterocycles. The van der Waals surface area contributed by atoms with Crippen LogP contribution < -0.4 is 0 Å². The first-order chi connectivity index (χ1) is 10.7. The van der Waals surface area contributed by atoms with Crippen LogP contribution in [0.5, 0.6) is 0 Å². The Morgan fingerprint density at radius 3 is 1.15 bits per heavy atom. The average Bonchev–Trinajstić information content (AvgIpc) is 2.47. The zero-order valence-electron chi connectivity index (χ0n) is 17.0. The molecule has 0 amide bonds. The minimum atomic E-state index is -1.13. The SMILES string of the molecule is CC(=O)C(C)(C)[C-]=O.CC(=O)CC(=O)C(C)(C)[C-]=O.CCC(C)=O.[Y].[Y]. The fourth-order valence-corrected chi connectivity index (χ4v) is 0.576. The van der Waals surface area contributed by atoms with Crippen molar-refractivity contribution in [2.45, 2.75) is 68.2 Å². The summed E-state index contributed by atoms with van der Waals surface area (Å²) in [7, 11) is 0. The van der Waals surface area contributed by atoms with Gasteiger partial charge in [0.1, 0.15) is 23.1 Å². The van der Waals surface area contributed by atoms with E-state index in [0.29, 0.717) is 6.42 Å². The van der Waals surface area contributed by atoms with E-state index in [0.717, 1.165) is 0 Å². The molecular formula is C18H28O6Y2-2. The van der Waals surface area contributed by atoms with Gasteiger partial charge in [0.2, 0.25) is 0 Å². The van der Waals surface area contributed by atoms with Gasteiger partial charge in [-0.2, -0.15) is 0 Å². The molecule has 6 nitrogen and oxygen atoms in total. The monoisotopic (exact) mass is 518 g/mol. The molecule has 0 bridgehead atoms. The molecule has 0 aromatic rings. The van der Waals surface area contributed by atoms with Gasteiger partial charge in [0.05, 0.1) is 6.42 Å². The summed E-state index contributed by atoms with van der Waals surface area (Å²) in [6.45, 7) is 12.1. The Morgan fingerprint density at radius 1 is 0.731 bits per heavy atom. The molecule has 0 spiro atoms. The second-order valence-corrected chi connectivity index (χ2v) is 6.37. The number of carbonyl (C=O) groups excluding carboxylic acids is 6. The van der Waals surface area contributed by atoms with Crippen LogP contribution in [0.2, 0.25) is 0 Å². The Balaban J connectivity index is -0.0000000872. The van der Waals surface area contributed by atoms with Gasteiger partial charge in [-0.25, -0.2) is 0 Å². The van der Waals surface area contributed by atoms with Gasteiger partial charge in [0, 0.05) is 71.8 Å². The Kier molecular flexibility index (Phi) is 26.5. The fraction of sp³-hybridized carbons (Fsp3) is 0.667. The number of hydrogen-bond donors (Lipinski definition) is 0. The van der Waals surface area contributed by atoms with E-state index in [1.54, 1.807) is 33.3 Å². The maximum atomic E-state index is 11.0. The van der Waals surface area contributed by atoms with Crippen LogP contribution in [0.15, 0.2) is 0 Å². The third-order valence-corrected chi connectivity index (χ3v) is 2.99. The van der Waals surface area contributed by atoms with Crippen LogP contribution in [-0.4, -0.2) is 35.7 Å². The van der Waals surface area contributed by atoms with Gasteiger partial charge in [0.15, 0.2) is 0 Å². The predicted molar refractivity (Wildman–Crippen MR) is 90.9 cm³/mol. The maximum absolute atomic E-state index is 11.0. The second kappa shape index (κ2) is 18.6. The summed E-state index contributed by atoms with van der Waals surface area (Å²) >= 11 is 0. The molecule has 2 radical (unpaired) electrons. The molecule has 8 heteroatoms. The van der Waals surface area contributed by atoms with E-state index in [2.05, 4.69) is 0 Å². The molecule has 0 aliphatic carbocycles. The molecular weight excluding hydrogens is 490 g/mol. The third-order valence-electron chi connectivity index (χ3n) is 2.99. The van der Waals surface area contributed by atoms with Crippen molar-refractivity contribution in [1.29, 1.82) is 0 Å². The van der Waals surface area contributed by atoms with Crippen molar-refractivity contribution in [2.24, 2.45) is 10.8 Å². The van der Waals surface area contributed by atoms with Crippen LogP contribution in [0.1, 0.15) is 68.2 Å². The van der Waals surface area contributed by atoms with Crippen molar-refractivity contribution in [3.8, 4) is 0 Å². The van der Waals surface area contributed by atoms with Crippen LogP contribution in [0.4, 0.5) is 0 Å². The van der Waals surface area contributed by atoms with E-state index in [9.17, 15) is 28.8 Å².